The van der Waals surface area contributed by atoms with E-state index in [1.54, 1.807) is 35.5 Å². The Morgan fingerprint density at radius 3 is 2.55 bits per heavy atom. The fraction of sp³-hybridized carbons (Fsp3) is 0.179. The van der Waals surface area contributed by atoms with E-state index in [0.29, 0.717) is 36.2 Å². The van der Waals surface area contributed by atoms with Gasteiger partial charge in [-0.3, -0.25) is 4.98 Å². The molecule has 9 nitrogen and oxygen atoms in total. The summed E-state index contributed by atoms with van der Waals surface area (Å²) < 4.78 is 21.6. The van der Waals surface area contributed by atoms with Crippen LogP contribution in [0.3, 0.4) is 0 Å². The first-order chi connectivity index (χ1) is 18.6. The number of aromatic nitrogens is 6. The zero-order valence-electron chi connectivity index (χ0n) is 20.8. The van der Waals surface area contributed by atoms with Crippen molar-refractivity contribution in [3.05, 3.63) is 90.8 Å². The summed E-state index contributed by atoms with van der Waals surface area (Å²) in [6, 6.07) is 18.3. The monoisotopic (exact) mass is 508 g/mol. The zero-order valence-corrected chi connectivity index (χ0v) is 20.8. The van der Waals surface area contributed by atoms with Crippen molar-refractivity contribution in [1.82, 2.24) is 29.7 Å². The van der Waals surface area contributed by atoms with Crippen molar-refractivity contribution in [3.63, 3.8) is 0 Å². The Morgan fingerprint density at radius 2 is 1.74 bits per heavy atom. The molecule has 5 aromatic rings. The summed E-state index contributed by atoms with van der Waals surface area (Å²) in [4.78, 5) is 19.9. The van der Waals surface area contributed by atoms with Gasteiger partial charge in [-0.1, -0.05) is 6.07 Å². The second-order valence-electron chi connectivity index (χ2n) is 8.92. The van der Waals surface area contributed by atoms with Gasteiger partial charge >= 0.3 is 0 Å². The number of morpholine rings is 1. The summed E-state index contributed by atoms with van der Waals surface area (Å²) in [5, 5.41) is 7.80. The molecule has 0 aliphatic carbocycles. The van der Waals surface area contributed by atoms with Crippen LogP contribution in [0.15, 0.2) is 79.4 Å². The van der Waals surface area contributed by atoms with Crippen LogP contribution >= 0.6 is 0 Å². The number of hydrogen-bond donors (Lipinski definition) is 1. The number of ether oxygens (including phenoxy) is 1. The SMILES string of the molecule is Cc1cccnc1-c1ncn(-c2ccc(Nc3nccc(-c4cc(F)cc(N5CCOCC5)c4)n3)cc2)n1. The van der Waals surface area contributed by atoms with E-state index in [9.17, 15) is 4.39 Å². The van der Waals surface area contributed by atoms with E-state index in [2.05, 4.69) is 35.3 Å². The van der Waals surface area contributed by atoms with E-state index in [1.165, 1.54) is 6.07 Å². The molecule has 4 heterocycles. The number of nitrogens with zero attached hydrogens (tertiary/aromatic N) is 7. The maximum atomic E-state index is 14.5. The third-order valence-electron chi connectivity index (χ3n) is 6.31. The average Bonchev–Trinajstić information content (AvgIpc) is 3.44. The molecular weight excluding hydrogens is 483 g/mol. The molecule has 0 saturated carbocycles. The highest BCUT2D eigenvalue weighted by Gasteiger charge is 2.15. The third kappa shape index (κ3) is 5.07. The molecule has 3 aromatic heterocycles. The Hall–Kier alpha value is -4.70. The average molecular weight is 509 g/mol. The van der Waals surface area contributed by atoms with Crippen LogP contribution in [0.5, 0.6) is 0 Å². The van der Waals surface area contributed by atoms with Gasteiger partial charge in [0.25, 0.3) is 0 Å². The molecule has 1 aliphatic heterocycles. The molecule has 0 atom stereocenters. The fourth-order valence-electron chi connectivity index (χ4n) is 4.35. The van der Waals surface area contributed by atoms with E-state index >= 15 is 0 Å². The highest BCUT2D eigenvalue weighted by atomic mass is 19.1. The number of anilines is 3. The minimum Gasteiger partial charge on any atom is -0.378 e. The zero-order chi connectivity index (χ0) is 25.9. The van der Waals surface area contributed by atoms with Gasteiger partial charge in [0, 0.05) is 42.4 Å². The Kier molecular flexibility index (Phi) is 6.45. The predicted octanol–water partition coefficient (Wildman–Crippen LogP) is 4.81. The summed E-state index contributed by atoms with van der Waals surface area (Å²) in [6.07, 6.45) is 5.06. The summed E-state index contributed by atoms with van der Waals surface area (Å²) in [7, 11) is 0. The summed E-state index contributed by atoms with van der Waals surface area (Å²) in [5.74, 6) is 0.688. The van der Waals surface area contributed by atoms with Gasteiger partial charge in [-0.05, 0) is 67.1 Å². The summed E-state index contributed by atoms with van der Waals surface area (Å²) in [5.41, 5.74) is 5.58. The van der Waals surface area contributed by atoms with Crippen LogP contribution in [0.4, 0.5) is 21.7 Å². The maximum Gasteiger partial charge on any atom is 0.227 e. The first kappa shape index (κ1) is 23.7. The van der Waals surface area contributed by atoms with Crippen molar-refractivity contribution in [2.24, 2.45) is 0 Å². The van der Waals surface area contributed by atoms with Gasteiger partial charge in [0.1, 0.15) is 17.8 Å². The van der Waals surface area contributed by atoms with E-state index in [1.807, 2.05) is 49.4 Å². The largest absolute Gasteiger partial charge is 0.378 e. The number of halogens is 1. The van der Waals surface area contributed by atoms with Gasteiger partial charge in [0.15, 0.2) is 5.82 Å². The molecule has 10 heteroatoms. The lowest BCUT2D eigenvalue weighted by molar-refractivity contribution is 0.122. The van der Waals surface area contributed by atoms with Crippen molar-refractivity contribution in [1.29, 1.82) is 0 Å². The molecule has 1 aliphatic rings. The fourth-order valence-corrected chi connectivity index (χ4v) is 4.35. The van der Waals surface area contributed by atoms with Gasteiger partial charge in [-0.2, -0.15) is 0 Å². The normalized spacial score (nSPS) is 13.5. The number of aryl methyl sites for hydroxylation is 1. The molecule has 1 fully saturated rings. The molecule has 0 spiro atoms. The van der Waals surface area contributed by atoms with Gasteiger partial charge in [0.2, 0.25) is 5.95 Å². The lowest BCUT2D eigenvalue weighted by Crippen LogP contribution is -2.36. The van der Waals surface area contributed by atoms with Crippen molar-refractivity contribution in [3.8, 4) is 28.5 Å². The van der Waals surface area contributed by atoms with E-state index in [-0.39, 0.29) is 5.82 Å². The minimum absolute atomic E-state index is 0.304. The number of pyridine rings is 1. The van der Waals surface area contributed by atoms with Gasteiger partial charge < -0.3 is 15.0 Å². The molecule has 0 amide bonds. The molecule has 1 N–H and O–H groups in total. The molecular formula is C28H25FN8O. The molecule has 0 bridgehead atoms. The van der Waals surface area contributed by atoms with Crippen molar-refractivity contribution < 1.29 is 9.13 Å². The summed E-state index contributed by atoms with van der Waals surface area (Å²) >= 11 is 0. The van der Waals surface area contributed by atoms with Crippen LogP contribution < -0.4 is 10.2 Å². The molecule has 38 heavy (non-hydrogen) atoms. The Labute approximate surface area is 219 Å². The second-order valence-corrected chi connectivity index (χ2v) is 8.92. The van der Waals surface area contributed by atoms with Crippen molar-refractivity contribution >= 4 is 17.3 Å². The maximum absolute atomic E-state index is 14.5. The Balaban J connectivity index is 1.19. The third-order valence-corrected chi connectivity index (χ3v) is 6.31. The molecule has 1 saturated heterocycles. The van der Waals surface area contributed by atoms with E-state index in [4.69, 9.17) is 4.74 Å². The van der Waals surface area contributed by atoms with Crippen LogP contribution in [0.25, 0.3) is 28.5 Å². The smallest absolute Gasteiger partial charge is 0.227 e. The van der Waals surface area contributed by atoms with Crippen LogP contribution in [0.1, 0.15) is 5.56 Å². The quantitative estimate of drug-likeness (QED) is 0.349. The lowest BCUT2D eigenvalue weighted by Gasteiger charge is -2.29. The summed E-state index contributed by atoms with van der Waals surface area (Å²) in [6.45, 7) is 4.71. The second kappa shape index (κ2) is 10.3. The highest BCUT2D eigenvalue weighted by molar-refractivity contribution is 5.67. The lowest BCUT2D eigenvalue weighted by atomic mass is 10.1. The highest BCUT2D eigenvalue weighted by Crippen LogP contribution is 2.27. The number of nitrogens with one attached hydrogen (secondary N) is 1. The molecule has 190 valence electrons. The first-order valence-electron chi connectivity index (χ1n) is 12.3. The van der Waals surface area contributed by atoms with Crippen LogP contribution in [-0.2, 0) is 4.74 Å². The van der Waals surface area contributed by atoms with Crippen molar-refractivity contribution in [2.75, 3.05) is 36.5 Å². The number of benzene rings is 2. The molecule has 6 rings (SSSR count). The van der Waals surface area contributed by atoms with Crippen LogP contribution in [0, 0.1) is 12.7 Å². The minimum atomic E-state index is -0.304. The topological polar surface area (TPSA) is 93.9 Å². The Bertz CT molecular complexity index is 1560. The van der Waals surface area contributed by atoms with Gasteiger partial charge in [-0.25, -0.2) is 24.0 Å². The van der Waals surface area contributed by atoms with E-state index < -0.39 is 0 Å². The molecule has 0 radical (unpaired) electrons. The Morgan fingerprint density at radius 1 is 0.895 bits per heavy atom. The number of rotatable bonds is 6. The van der Waals surface area contributed by atoms with Gasteiger partial charge in [0.05, 0.1) is 24.6 Å². The molecule has 2 aromatic carbocycles. The number of hydrogen-bond acceptors (Lipinski definition) is 8. The van der Waals surface area contributed by atoms with Crippen molar-refractivity contribution in [2.45, 2.75) is 6.92 Å². The standard InChI is InChI=1S/C28H25FN8O/c1-19-3-2-9-30-26(19)27-32-18-37(35-27)23-6-4-22(5-7-23)33-28-31-10-8-25(34-28)20-15-21(29)17-24(16-20)36-11-13-38-14-12-36/h2-10,15-18H,11-14H2,1H3,(H,31,33,34). The van der Waals surface area contributed by atoms with Crippen LogP contribution in [-0.4, -0.2) is 56.0 Å². The van der Waals surface area contributed by atoms with E-state index in [0.717, 1.165) is 41.4 Å². The van der Waals surface area contributed by atoms with Crippen LogP contribution in [0.2, 0.25) is 0 Å². The van der Waals surface area contributed by atoms with Gasteiger partial charge in [-0.15, -0.1) is 5.10 Å². The predicted molar refractivity (Wildman–Crippen MR) is 143 cm³/mol. The first-order valence-corrected chi connectivity index (χ1v) is 12.3. The molecule has 0 unspecified atom stereocenters.